The maximum absolute atomic E-state index is 13.6. The number of rotatable bonds is 7. The molecular formula is C27H34N6O2. The second kappa shape index (κ2) is 11.0. The van der Waals surface area contributed by atoms with Crippen LogP contribution in [0.3, 0.4) is 0 Å². The minimum atomic E-state index is -0.161. The fourth-order valence-corrected chi connectivity index (χ4v) is 5.23. The summed E-state index contributed by atoms with van der Waals surface area (Å²) in [7, 11) is 0. The Morgan fingerprint density at radius 3 is 2.66 bits per heavy atom. The highest BCUT2D eigenvalue weighted by Gasteiger charge is 2.29. The molecule has 0 bridgehead atoms. The molecule has 184 valence electrons. The first-order valence-electron chi connectivity index (χ1n) is 12.8. The van der Waals surface area contributed by atoms with Gasteiger partial charge in [0, 0.05) is 32.4 Å². The lowest BCUT2D eigenvalue weighted by atomic mass is 9.97. The van der Waals surface area contributed by atoms with Gasteiger partial charge in [0.15, 0.2) is 11.5 Å². The van der Waals surface area contributed by atoms with Crippen LogP contribution in [-0.2, 0) is 11.3 Å². The van der Waals surface area contributed by atoms with Gasteiger partial charge in [-0.15, -0.1) is 0 Å². The van der Waals surface area contributed by atoms with Crippen molar-refractivity contribution in [1.82, 2.24) is 24.8 Å². The number of likely N-dealkylation sites (tertiary alicyclic amines) is 1. The number of nitrogens with one attached hydrogen (secondary N) is 1. The Kier molecular flexibility index (Phi) is 7.37. The van der Waals surface area contributed by atoms with Gasteiger partial charge in [0.05, 0.1) is 12.5 Å². The Balaban J connectivity index is 1.32. The van der Waals surface area contributed by atoms with Gasteiger partial charge in [0.1, 0.15) is 5.52 Å². The van der Waals surface area contributed by atoms with Crippen LogP contribution in [0.2, 0.25) is 0 Å². The number of hydrogen-bond acceptors (Lipinski definition) is 6. The van der Waals surface area contributed by atoms with Gasteiger partial charge in [-0.3, -0.25) is 14.2 Å². The zero-order valence-corrected chi connectivity index (χ0v) is 20.2. The summed E-state index contributed by atoms with van der Waals surface area (Å²) < 4.78 is 1.70. The van der Waals surface area contributed by atoms with E-state index in [1.165, 1.54) is 19.3 Å². The number of piperidine rings is 2. The third kappa shape index (κ3) is 5.53. The Morgan fingerprint density at radius 2 is 1.83 bits per heavy atom. The lowest BCUT2D eigenvalue weighted by molar-refractivity contribution is -0.125. The van der Waals surface area contributed by atoms with Crippen LogP contribution >= 0.6 is 0 Å². The van der Waals surface area contributed by atoms with Gasteiger partial charge in [-0.1, -0.05) is 36.8 Å². The predicted molar refractivity (Wildman–Crippen MR) is 138 cm³/mol. The Hall–Kier alpha value is -3.26. The van der Waals surface area contributed by atoms with E-state index in [9.17, 15) is 9.59 Å². The molecule has 2 aliphatic heterocycles. The number of amides is 1. The molecule has 2 aromatic heterocycles. The van der Waals surface area contributed by atoms with E-state index in [0.717, 1.165) is 44.6 Å². The lowest BCUT2D eigenvalue weighted by Crippen LogP contribution is -2.47. The third-order valence-electron chi connectivity index (χ3n) is 7.14. The van der Waals surface area contributed by atoms with Crippen LogP contribution in [-0.4, -0.2) is 64.6 Å². The molecule has 8 heteroatoms. The molecule has 3 aromatic rings. The van der Waals surface area contributed by atoms with Crippen molar-refractivity contribution in [3.8, 4) is 0 Å². The van der Waals surface area contributed by atoms with Gasteiger partial charge < -0.3 is 15.1 Å². The maximum atomic E-state index is 13.6. The average Bonchev–Trinajstić information content (AvgIpc) is 2.91. The minimum absolute atomic E-state index is 0.0822. The number of fused-ring (bicyclic) bond motifs is 1. The van der Waals surface area contributed by atoms with Crippen LogP contribution < -0.4 is 15.8 Å². The molecule has 0 saturated carbocycles. The molecule has 0 spiro atoms. The van der Waals surface area contributed by atoms with Crippen LogP contribution in [0.25, 0.3) is 11.2 Å². The van der Waals surface area contributed by atoms with E-state index in [2.05, 4.69) is 15.2 Å². The van der Waals surface area contributed by atoms with E-state index in [1.807, 2.05) is 47.4 Å². The molecule has 8 nitrogen and oxygen atoms in total. The van der Waals surface area contributed by atoms with Gasteiger partial charge in [-0.2, -0.15) is 0 Å². The van der Waals surface area contributed by atoms with Crippen molar-refractivity contribution in [3.63, 3.8) is 0 Å². The molecule has 1 N–H and O–H groups in total. The molecule has 0 aliphatic carbocycles. The molecule has 1 aromatic carbocycles. The molecule has 1 amide bonds. The van der Waals surface area contributed by atoms with E-state index >= 15 is 0 Å². The van der Waals surface area contributed by atoms with Crippen molar-refractivity contribution in [2.75, 3.05) is 44.2 Å². The molecule has 2 saturated heterocycles. The normalized spacial score (nSPS) is 19.1. The molecule has 1 atom stereocenters. The van der Waals surface area contributed by atoms with Gasteiger partial charge in [-0.25, -0.2) is 9.97 Å². The monoisotopic (exact) mass is 474 g/mol. The molecule has 5 rings (SSSR count). The summed E-state index contributed by atoms with van der Waals surface area (Å²) in [6.45, 7) is 5.50. The fourth-order valence-electron chi connectivity index (χ4n) is 5.23. The smallest absolute Gasteiger partial charge is 0.295 e. The molecule has 2 aliphatic rings. The van der Waals surface area contributed by atoms with Crippen molar-refractivity contribution < 1.29 is 4.79 Å². The summed E-state index contributed by atoms with van der Waals surface area (Å²) >= 11 is 0. The molecular weight excluding hydrogens is 440 g/mol. The maximum Gasteiger partial charge on any atom is 0.295 e. The number of hydrogen-bond donors (Lipinski definition) is 1. The second-order valence-corrected chi connectivity index (χ2v) is 9.64. The molecule has 4 heterocycles. The third-order valence-corrected chi connectivity index (χ3v) is 7.14. The Bertz CT molecular complexity index is 1210. The Labute approximate surface area is 206 Å². The van der Waals surface area contributed by atoms with Gasteiger partial charge in [0.2, 0.25) is 5.91 Å². The van der Waals surface area contributed by atoms with E-state index in [-0.39, 0.29) is 17.4 Å². The van der Waals surface area contributed by atoms with Crippen molar-refractivity contribution in [2.24, 2.45) is 5.92 Å². The van der Waals surface area contributed by atoms with E-state index in [4.69, 9.17) is 4.98 Å². The summed E-state index contributed by atoms with van der Waals surface area (Å²) in [4.78, 5) is 40.2. The number of pyridine rings is 1. The van der Waals surface area contributed by atoms with Crippen molar-refractivity contribution in [3.05, 3.63) is 64.6 Å². The average molecular weight is 475 g/mol. The first-order valence-corrected chi connectivity index (χ1v) is 12.8. The largest absolute Gasteiger partial charge is 0.355 e. The summed E-state index contributed by atoms with van der Waals surface area (Å²) in [6, 6.07) is 13.6. The number of aromatic nitrogens is 3. The first kappa shape index (κ1) is 23.5. The van der Waals surface area contributed by atoms with E-state index in [0.29, 0.717) is 36.6 Å². The number of benzene rings is 1. The van der Waals surface area contributed by atoms with Crippen LogP contribution in [0.15, 0.2) is 53.5 Å². The molecule has 0 radical (unpaired) electrons. The summed E-state index contributed by atoms with van der Waals surface area (Å²) in [6.07, 6.45) is 7.19. The fraction of sp³-hybridized carbons (Fsp3) is 0.481. The van der Waals surface area contributed by atoms with E-state index in [1.54, 1.807) is 10.8 Å². The molecule has 2 fully saturated rings. The van der Waals surface area contributed by atoms with Crippen molar-refractivity contribution >= 4 is 22.9 Å². The topological polar surface area (TPSA) is 83.4 Å². The highest BCUT2D eigenvalue weighted by atomic mass is 16.2. The lowest BCUT2D eigenvalue weighted by Gasteiger charge is -2.33. The summed E-state index contributed by atoms with van der Waals surface area (Å²) in [5.74, 6) is 0.351. The van der Waals surface area contributed by atoms with Crippen LogP contribution in [0.5, 0.6) is 0 Å². The first-order chi connectivity index (χ1) is 17.2. The number of carbonyl (C=O) groups excluding carboxylic acids is 1. The molecule has 0 unspecified atom stereocenters. The van der Waals surface area contributed by atoms with Crippen LogP contribution in [0.1, 0.15) is 37.7 Å². The summed E-state index contributed by atoms with van der Waals surface area (Å²) in [5.41, 5.74) is 2.13. The van der Waals surface area contributed by atoms with Gasteiger partial charge in [-0.05, 0) is 56.5 Å². The predicted octanol–water partition coefficient (Wildman–Crippen LogP) is 2.66. The molecule has 35 heavy (non-hydrogen) atoms. The quantitative estimate of drug-likeness (QED) is 0.567. The van der Waals surface area contributed by atoms with E-state index < -0.39 is 0 Å². The minimum Gasteiger partial charge on any atom is -0.355 e. The van der Waals surface area contributed by atoms with Crippen LogP contribution in [0.4, 0.5) is 5.82 Å². The number of nitrogens with zero attached hydrogens (tertiary/aromatic N) is 5. The van der Waals surface area contributed by atoms with Crippen molar-refractivity contribution in [2.45, 2.75) is 38.6 Å². The SMILES string of the molecule is O=C(NCCN1CCCCC1)[C@@H]1CCCN(c2nc3cccnc3n(Cc3ccccc3)c2=O)C1. The number of anilines is 1. The summed E-state index contributed by atoms with van der Waals surface area (Å²) in [5, 5.41) is 3.14. The van der Waals surface area contributed by atoms with Gasteiger partial charge >= 0.3 is 0 Å². The Morgan fingerprint density at radius 1 is 1.00 bits per heavy atom. The van der Waals surface area contributed by atoms with Crippen molar-refractivity contribution in [1.29, 1.82) is 0 Å². The standard InChI is InChI=1S/C27H34N6O2/c34-26(29-14-18-31-15-5-2-6-16-31)22-11-8-17-32(20-22)25-27(35)33(19-21-9-3-1-4-10-21)24-23(30-25)12-7-13-28-24/h1,3-4,7,9-10,12-13,22H,2,5-6,8,11,14-20H2,(H,29,34)/t22-/m1/s1. The zero-order valence-electron chi connectivity index (χ0n) is 20.2. The van der Waals surface area contributed by atoms with Crippen LogP contribution in [0, 0.1) is 5.92 Å². The number of carbonyl (C=O) groups is 1. The second-order valence-electron chi connectivity index (χ2n) is 9.64. The highest BCUT2D eigenvalue weighted by Crippen LogP contribution is 2.22. The zero-order chi connectivity index (χ0) is 24.0. The highest BCUT2D eigenvalue weighted by molar-refractivity contribution is 5.79. The van der Waals surface area contributed by atoms with Gasteiger partial charge in [0.25, 0.3) is 5.56 Å².